The summed E-state index contributed by atoms with van der Waals surface area (Å²) < 4.78 is 12.6. The van der Waals surface area contributed by atoms with Gasteiger partial charge in [-0.2, -0.15) is 0 Å². The van der Waals surface area contributed by atoms with E-state index in [1.807, 2.05) is 0 Å². The zero-order valence-electron chi connectivity index (χ0n) is 5.14. The van der Waals surface area contributed by atoms with E-state index in [4.69, 9.17) is 0 Å². The van der Waals surface area contributed by atoms with Crippen LogP contribution in [0.1, 0.15) is 12.8 Å². The maximum atomic E-state index is 12.6. The van der Waals surface area contributed by atoms with Gasteiger partial charge in [-0.3, -0.25) is 0 Å². The number of hydrogen-bond donors (Lipinski definition) is 1. The van der Waals surface area contributed by atoms with Gasteiger partial charge in [0.25, 0.3) is 0 Å². The van der Waals surface area contributed by atoms with Gasteiger partial charge in [0.1, 0.15) is 6.17 Å². The first-order valence-corrected chi connectivity index (χ1v) is 3.24. The predicted molar refractivity (Wildman–Crippen MR) is 36.7 cm³/mol. The lowest BCUT2D eigenvalue weighted by molar-refractivity contribution is 0.242. The van der Waals surface area contributed by atoms with E-state index < -0.39 is 6.17 Å². The van der Waals surface area contributed by atoms with Crippen LogP contribution >= 0.6 is 12.4 Å². The standard InChI is InChI=1S/C6H10FN.ClH/c7-6-2-5-1-4(6)3-8-5;/h4-6,8H,1-3H2;1H/t4-,5+,6+;/m0./s1. The van der Waals surface area contributed by atoms with Gasteiger partial charge in [0.2, 0.25) is 0 Å². The average molecular weight is 152 g/mol. The van der Waals surface area contributed by atoms with Crippen LogP contribution in [0.2, 0.25) is 0 Å². The molecule has 2 bridgehead atoms. The molecule has 0 amide bonds. The molecule has 54 valence electrons. The summed E-state index contributed by atoms with van der Waals surface area (Å²) in [6.07, 6.45) is 1.37. The highest BCUT2D eigenvalue weighted by Gasteiger charge is 2.39. The first-order chi connectivity index (χ1) is 3.86. The molecule has 3 atom stereocenters. The van der Waals surface area contributed by atoms with E-state index >= 15 is 0 Å². The second kappa shape index (κ2) is 2.43. The van der Waals surface area contributed by atoms with Crippen molar-refractivity contribution in [2.75, 3.05) is 6.54 Å². The van der Waals surface area contributed by atoms with Gasteiger partial charge >= 0.3 is 0 Å². The van der Waals surface area contributed by atoms with Crippen molar-refractivity contribution in [3.05, 3.63) is 0 Å². The highest BCUT2D eigenvalue weighted by atomic mass is 35.5. The Bertz CT molecular complexity index is 107. The molecule has 1 saturated carbocycles. The molecule has 2 rings (SSSR count). The molecule has 3 heteroatoms. The third kappa shape index (κ3) is 1.06. The fourth-order valence-corrected chi connectivity index (χ4v) is 1.77. The van der Waals surface area contributed by atoms with E-state index in [0.29, 0.717) is 12.0 Å². The summed E-state index contributed by atoms with van der Waals surface area (Å²) in [5, 5.41) is 3.25. The SMILES string of the molecule is Cl.F[C@@H]1C[C@H]2C[C@H]1CN2. The number of hydrogen-bond acceptors (Lipinski definition) is 1. The van der Waals surface area contributed by atoms with E-state index in [9.17, 15) is 4.39 Å². The van der Waals surface area contributed by atoms with Crippen molar-refractivity contribution >= 4 is 12.4 Å². The highest BCUT2D eigenvalue weighted by Crippen LogP contribution is 2.32. The highest BCUT2D eigenvalue weighted by molar-refractivity contribution is 5.85. The largest absolute Gasteiger partial charge is 0.313 e. The smallest absolute Gasteiger partial charge is 0.106 e. The van der Waals surface area contributed by atoms with Crippen molar-refractivity contribution in [3.63, 3.8) is 0 Å². The van der Waals surface area contributed by atoms with Crippen molar-refractivity contribution in [3.8, 4) is 0 Å². The fraction of sp³-hybridized carbons (Fsp3) is 1.00. The molecule has 2 aliphatic rings. The Hall–Kier alpha value is 0.180. The van der Waals surface area contributed by atoms with Crippen LogP contribution < -0.4 is 5.32 Å². The Labute approximate surface area is 60.4 Å². The molecule has 0 radical (unpaired) electrons. The molecular weight excluding hydrogens is 141 g/mol. The van der Waals surface area contributed by atoms with Crippen molar-refractivity contribution in [1.29, 1.82) is 0 Å². The lowest BCUT2D eigenvalue weighted by atomic mass is 10.1. The van der Waals surface area contributed by atoms with Crippen molar-refractivity contribution in [1.82, 2.24) is 5.32 Å². The molecule has 1 aliphatic carbocycles. The molecular formula is C6H11ClFN. The molecule has 0 aromatic heterocycles. The first-order valence-electron chi connectivity index (χ1n) is 3.24. The number of nitrogens with one attached hydrogen (secondary N) is 1. The normalized spacial score (nSPS) is 47.0. The molecule has 0 aromatic carbocycles. The third-order valence-electron chi connectivity index (χ3n) is 2.28. The molecule has 1 saturated heterocycles. The Morgan fingerprint density at radius 1 is 1.33 bits per heavy atom. The van der Waals surface area contributed by atoms with Gasteiger partial charge in [-0.05, 0) is 12.8 Å². The number of alkyl halides is 1. The second-order valence-electron chi connectivity index (χ2n) is 2.85. The molecule has 0 unspecified atom stereocenters. The summed E-state index contributed by atoms with van der Waals surface area (Å²) in [4.78, 5) is 0. The van der Waals surface area contributed by atoms with Crippen LogP contribution in [-0.4, -0.2) is 18.8 Å². The molecule has 0 aromatic rings. The van der Waals surface area contributed by atoms with Crippen LogP contribution in [0.4, 0.5) is 4.39 Å². The van der Waals surface area contributed by atoms with Crippen molar-refractivity contribution < 1.29 is 4.39 Å². The zero-order valence-corrected chi connectivity index (χ0v) is 5.96. The van der Waals surface area contributed by atoms with Crippen LogP contribution in [-0.2, 0) is 0 Å². The van der Waals surface area contributed by atoms with Crippen LogP contribution in [0.5, 0.6) is 0 Å². The Kier molecular flexibility index (Phi) is 1.97. The predicted octanol–water partition coefficient (Wildman–Crippen LogP) is 1.13. The second-order valence-corrected chi connectivity index (χ2v) is 2.85. The summed E-state index contributed by atoms with van der Waals surface area (Å²) >= 11 is 0. The molecule has 9 heavy (non-hydrogen) atoms. The van der Waals surface area contributed by atoms with E-state index in [2.05, 4.69) is 5.32 Å². The van der Waals surface area contributed by atoms with Gasteiger partial charge in [-0.25, -0.2) is 4.39 Å². The summed E-state index contributed by atoms with van der Waals surface area (Å²) in [7, 11) is 0. The van der Waals surface area contributed by atoms with Gasteiger partial charge < -0.3 is 5.32 Å². The van der Waals surface area contributed by atoms with Crippen LogP contribution in [0, 0.1) is 5.92 Å². The minimum atomic E-state index is -0.485. The quantitative estimate of drug-likeness (QED) is 0.548. The molecule has 0 spiro atoms. The van der Waals surface area contributed by atoms with Gasteiger partial charge in [0.15, 0.2) is 0 Å². The van der Waals surface area contributed by atoms with Gasteiger partial charge in [-0.15, -0.1) is 12.4 Å². The van der Waals surface area contributed by atoms with Gasteiger partial charge in [0, 0.05) is 18.5 Å². The van der Waals surface area contributed by atoms with Gasteiger partial charge in [-0.1, -0.05) is 0 Å². The van der Waals surface area contributed by atoms with Crippen molar-refractivity contribution in [2.24, 2.45) is 5.92 Å². The molecule has 1 heterocycles. The van der Waals surface area contributed by atoms with E-state index in [1.165, 1.54) is 0 Å². The minimum Gasteiger partial charge on any atom is -0.313 e. The number of halogens is 2. The summed E-state index contributed by atoms with van der Waals surface area (Å²) in [6, 6.07) is 0.523. The van der Waals surface area contributed by atoms with Crippen LogP contribution in [0.15, 0.2) is 0 Å². The first kappa shape index (κ1) is 7.29. The van der Waals surface area contributed by atoms with E-state index in [-0.39, 0.29) is 12.4 Å². The Morgan fingerprint density at radius 2 is 2.11 bits per heavy atom. The van der Waals surface area contributed by atoms with Crippen molar-refractivity contribution in [2.45, 2.75) is 25.1 Å². The number of piperidine rings is 1. The molecule has 1 aliphatic heterocycles. The van der Waals surface area contributed by atoms with Gasteiger partial charge in [0.05, 0.1) is 0 Å². The summed E-state index contributed by atoms with van der Waals surface area (Å²) in [5.74, 6) is 0.361. The molecule has 1 N–H and O–H groups in total. The summed E-state index contributed by atoms with van der Waals surface area (Å²) in [5.41, 5.74) is 0. The lowest BCUT2D eigenvalue weighted by Crippen LogP contribution is -2.30. The van der Waals surface area contributed by atoms with Crippen LogP contribution in [0.3, 0.4) is 0 Å². The summed E-state index contributed by atoms with van der Waals surface area (Å²) in [6.45, 7) is 0.922. The number of rotatable bonds is 0. The zero-order chi connectivity index (χ0) is 5.56. The lowest BCUT2D eigenvalue weighted by Gasteiger charge is -2.13. The maximum absolute atomic E-state index is 12.6. The molecule has 1 nitrogen and oxygen atoms in total. The monoisotopic (exact) mass is 151 g/mol. The van der Waals surface area contributed by atoms with E-state index in [1.54, 1.807) is 0 Å². The molecule has 2 fully saturated rings. The Morgan fingerprint density at radius 3 is 2.33 bits per heavy atom. The topological polar surface area (TPSA) is 12.0 Å². The maximum Gasteiger partial charge on any atom is 0.106 e. The Balaban J connectivity index is 0.000000405. The van der Waals surface area contributed by atoms with E-state index in [0.717, 1.165) is 19.4 Å². The fourth-order valence-electron chi connectivity index (χ4n) is 1.77. The average Bonchev–Trinajstić information content (AvgIpc) is 2.23. The minimum absolute atomic E-state index is 0. The number of fused-ring (bicyclic) bond motifs is 2. The third-order valence-corrected chi connectivity index (χ3v) is 2.28. The van der Waals surface area contributed by atoms with Crippen LogP contribution in [0.25, 0.3) is 0 Å².